The zero-order valence-corrected chi connectivity index (χ0v) is 13.7. The molecule has 4 heteroatoms. The van der Waals surface area contributed by atoms with Gasteiger partial charge in [-0.25, -0.2) is 0 Å². The van der Waals surface area contributed by atoms with Crippen molar-refractivity contribution in [2.45, 2.75) is 6.61 Å². The maximum Gasteiger partial charge on any atom is 0.255 e. The van der Waals surface area contributed by atoms with Crippen LogP contribution in [0.1, 0.15) is 15.9 Å². The van der Waals surface area contributed by atoms with Crippen LogP contribution < -0.4 is 10.1 Å². The summed E-state index contributed by atoms with van der Waals surface area (Å²) in [6.45, 7) is 0.461. The predicted octanol–water partition coefficient (Wildman–Crippen LogP) is 5.17. The van der Waals surface area contributed by atoms with E-state index in [-0.39, 0.29) is 5.91 Å². The molecule has 0 aliphatic carbocycles. The van der Waals surface area contributed by atoms with E-state index in [4.69, 9.17) is 16.3 Å². The van der Waals surface area contributed by atoms with Crippen LogP contribution in [0.5, 0.6) is 5.75 Å². The smallest absolute Gasteiger partial charge is 0.255 e. The number of benzene rings is 3. The van der Waals surface area contributed by atoms with Crippen molar-refractivity contribution < 1.29 is 9.53 Å². The van der Waals surface area contributed by atoms with Crippen LogP contribution in [0.4, 0.5) is 5.69 Å². The summed E-state index contributed by atoms with van der Waals surface area (Å²) in [7, 11) is 0. The quantitative estimate of drug-likeness (QED) is 0.697. The van der Waals surface area contributed by atoms with Crippen LogP contribution >= 0.6 is 11.6 Å². The number of ether oxygens (including phenoxy) is 1. The Morgan fingerprint density at radius 1 is 0.917 bits per heavy atom. The highest BCUT2D eigenvalue weighted by atomic mass is 35.5. The van der Waals surface area contributed by atoms with Gasteiger partial charge in [-0.3, -0.25) is 4.79 Å². The minimum Gasteiger partial charge on any atom is -0.489 e. The average Bonchev–Trinajstić information content (AvgIpc) is 2.63. The Bertz CT molecular complexity index is 817. The topological polar surface area (TPSA) is 38.3 Å². The van der Waals surface area contributed by atoms with E-state index in [0.717, 1.165) is 5.56 Å². The highest BCUT2D eigenvalue weighted by molar-refractivity contribution is 6.30. The van der Waals surface area contributed by atoms with Gasteiger partial charge in [0.1, 0.15) is 12.4 Å². The molecule has 3 nitrogen and oxygen atoms in total. The molecule has 3 rings (SSSR count). The molecule has 1 amide bonds. The van der Waals surface area contributed by atoms with Gasteiger partial charge in [-0.05, 0) is 48.0 Å². The molecule has 0 unspecified atom stereocenters. The Balaban J connectivity index is 1.65. The molecule has 0 aliphatic heterocycles. The molecule has 0 fully saturated rings. The van der Waals surface area contributed by atoms with E-state index in [1.165, 1.54) is 0 Å². The van der Waals surface area contributed by atoms with Crippen LogP contribution in [-0.4, -0.2) is 5.91 Å². The van der Waals surface area contributed by atoms with Crippen LogP contribution in [0.15, 0.2) is 78.9 Å². The lowest BCUT2D eigenvalue weighted by Crippen LogP contribution is -2.11. The zero-order valence-electron chi connectivity index (χ0n) is 12.9. The first-order chi connectivity index (χ1) is 11.7. The van der Waals surface area contributed by atoms with Crippen molar-refractivity contribution in [3.63, 3.8) is 0 Å². The third-order valence-corrected chi connectivity index (χ3v) is 3.70. The summed E-state index contributed by atoms with van der Waals surface area (Å²) >= 11 is 5.84. The fourth-order valence-electron chi connectivity index (χ4n) is 2.20. The molecule has 24 heavy (non-hydrogen) atoms. The number of carbonyl (C=O) groups excluding carboxylic acids is 1. The van der Waals surface area contributed by atoms with Crippen LogP contribution in [0.25, 0.3) is 0 Å². The van der Waals surface area contributed by atoms with E-state index in [0.29, 0.717) is 28.6 Å². The van der Waals surface area contributed by atoms with E-state index >= 15 is 0 Å². The number of amides is 1. The van der Waals surface area contributed by atoms with E-state index in [2.05, 4.69) is 5.32 Å². The Morgan fingerprint density at radius 2 is 1.67 bits per heavy atom. The summed E-state index contributed by atoms with van der Waals surface area (Å²) in [6.07, 6.45) is 0. The highest BCUT2D eigenvalue weighted by Crippen LogP contribution is 2.18. The molecule has 0 radical (unpaired) electrons. The van der Waals surface area contributed by atoms with E-state index in [9.17, 15) is 4.79 Å². The van der Waals surface area contributed by atoms with Crippen LogP contribution in [0.3, 0.4) is 0 Å². The van der Waals surface area contributed by atoms with Crippen LogP contribution in [-0.2, 0) is 6.61 Å². The summed E-state index contributed by atoms with van der Waals surface area (Å²) in [6, 6.07) is 24.0. The molecule has 0 bridgehead atoms. The van der Waals surface area contributed by atoms with Gasteiger partial charge in [-0.1, -0.05) is 48.0 Å². The molecule has 0 atom stereocenters. The largest absolute Gasteiger partial charge is 0.489 e. The third-order valence-electron chi connectivity index (χ3n) is 3.45. The normalized spacial score (nSPS) is 10.2. The second-order valence-corrected chi connectivity index (χ2v) is 5.70. The number of halogens is 1. The predicted molar refractivity (Wildman–Crippen MR) is 96.6 cm³/mol. The first-order valence-electron chi connectivity index (χ1n) is 7.54. The first-order valence-corrected chi connectivity index (χ1v) is 7.92. The van der Waals surface area contributed by atoms with Gasteiger partial charge in [-0.15, -0.1) is 0 Å². The van der Waals surface area contributed by atoms with Gasteiger partial charge in [0.15, 0.2) is 0 Å². The number of hydrogen-bond donors (Lipinski definition) is 1. The summed E-state index contributed by atoms with van der Waals surface area (Å²) in [5.74, 6) is 0.463. The number of nitrogens with one attached hydrogen (secondary N) is 1. The summed E-state index contributed by atoms with van der Waals surface area (Å²) in [5, 5.41) is 3.46. The van der Waals surface area contributed by atoms with Crippen molar-refractivity contribution in [2.24, 2.45) is 0 Å². The average molecular weight is 338 g/mol. The Morgan fingerprint density at radius 3 is 2.42 bits per heavy atom. The second-order valence-electron chi connectivity index (χ2n) is 5.26. The lowest BCUT2D eigenvalue weighted by atomic mass is 10.2. The molecule has 0 saturated heterocycles. The molecule has 3 aromatic carbocycles. The molecule has 1 N–H and O–H groups in total. The van der Waals surface area contributed by atoms with Crippen molar-refractivity contribution in [2.75, 3.05) is 5.32 Å². The molecule has 0 aromatic heterocycles. The van der Waals surface area contributed by atoms with Crippen molar-refractivity contribution in [3.05, 3.63) is 95.0 Å². The Hall–Kier alpha value is -2.78. The molecule has 0 spiro atoms. The second kappa shape index (κ2) is 7.66. The lowest BCUT2D eigenvalue weighted by Gasteiger charge is -2.09. The van der Waals surface area contributed by atoms with E-state index < -0.39 is 0 Å². The minimum absolute atomic E-state index is 0.192. The molecule has 0 saturated carbocycles. The van der Waals surface area contributed by atoms with Gasteiger partial charge in [0.05, 0.1) is 0 Å². The Labute approximate surface area is 145 Å². The number of carbonyl (C=O) groups is 1. The van der Waals surface area contributed by atoms with Gasteiger partial charge in [-0.2, -0.15) is 0 Å². The maximum absolute atomic E-state index is 12.3. The molecule has 0 heterocycles. The summed E-state index contributed by atoms with van der Waals surface area (Å²) < 4.78 is 5.75. The van der Waals surface area contributed by atoms with E-state index in [1.54, 1.807) is 42.5 Å². The standard InChI is InChI=1S/C20H16ClNO2/c21-17-9-11-18(12-10-17)22-20(23)16-7-4-8-19(13-16)24-14-15-5-2-1-3-6-15/h1-13H,14H2,(H,22,23). The molecular weight excluding hydrogens is 322 g/mol. The molecule has 120 valence electrons. The SMILES string of the molecule is O=C(Nc1ccc(Cl)cc1)c1cccc(OCc2ccccc2)c1. The summed E-state index contributed by atoms with van der Waals surface area (Å²) in [4.78, 5) is 12.3. The maximum atomic E-state index is 12.3. The Kier molecular flexibility index (Phi) is 5.14. The lowest BCUT2D eigenvalue weighted by molar-refractivity contribution is 0.102. The fraction of sp³-hybridized carbons (Fsp3) is 0.0500. The van der Waals surface area contributed by atoms with Gasteiger partial charge < -0.3 is 10.1 Å². The van der Waals surface area contributed by atoms with Gasteiger partial charge in [0.25, 0.3) is 5.91 Å². The monoisotopic (exact) mass is 337 g/mol. The number of hydrogen-bond acceptors (Lipinski definition) is 2. The minimum atomic E-state index is -0.192. The molecule has 0 aliphatic rings. The van der Waals surface area contributed by atoms with Crippen LogP contribution in [0.2, 0.25) is 5.02 Å². The van der Waals surface area contributed by atoms with Gasteiger partial charge >= 0.3 is 0 Å². The van der Waals surface area contributed by atoms with E-state index in [1.807, 2.05) is 36.4 Å². The van der Waals surface area contributed by atoms with Gasteiger partial charge in [0, 0.05) is 16.3 Å². The first kappa shape index (κ1) is 16.1. The van der Waals surface area contributed by atoms with Crippen LogP contribution in [0, 0.1) is 0 Å². The molecule has 3 aromatic rings. The van der Waals surface area contributed by atoms with Crippen molar-refractivity contribution >= 4 is 23.2 Å². The van der Waals surface area contributed by atoms with Gasteiger partial charge in [0.2, 0.25) is 0 Å². The number of rotatable bonds is 5. The zero-order chi connectivity index (χ0) is 16.8. The van der Waals surface area contributed by atoms with Crippen molar-refractivity contribution in [1.29, 1.82) is 0 Å². The summed E-state index contributed by atoms with van der Waals surface area (Å²) in [5.41, 5.74) is 2.31. The van der Waals surface area contributed by atoms with Crippen molar-refractivity contribution in [1.82, 2.24) is 0 Å². The fourth-order valence-corrected chi connectivity index (χ4v) is 2.33. The third kappa shape index (κ3) is 4.37. The number of anilines is 1. The highest BCUT2D eigenvalue weighted by Gasteiger charge is 2.07. The molecular formula is C20H16ClNO2. The van der Waals surface area contributed by atoms with Crippen molar-refractivity contribution in [3.8, 4) is 5.75 Å².